The van der Waals surface area contributed by atoms with Crippen molar-refractivity contribution in [3.05, 3.63) is 89.8 Å². The van der Waals surface area contributed by atoms with Gasteiger partial charge in [0, 0.05) is 0 Å². The Morgan fingerprint density at radius 3 is 2.41 bits per heavy atom. The second-order valence-electron chi connectivity index (χ2n) is 5.74. The number of hydrogen-bond acceptors (Lipinski definition) is 0. The summed E-state index contributed by atoms with van der Waals surface area (Å²) >= 11 is 0. The molecular weight excluding hydrogens is 271 g/mol. The maximum Gasteiger partial charge on any atom is 0.123 e. The van der Waals surface area contributed by atoms with Crippen LogP contribution in [0.15, 0.2) is 61.7 Å². The van der Waals surface area contributed by atoms with Gasteiger partial charge in [-0.3, -0.25) is 0 Å². The molecule has 0 saturated carbocycles. The molecule has 1 aliphatic rings. The van der Waals surface area contributed by atoms with Gasteiger partial charge in [0.15, 0.2) is 0 Å². The summed E-state index contributed by atoms with van der Waals surface area (Å²) in [5.41, 5.74) is 6.76. The molecular formula is C21H19F. The summed E-state index contributed by atoms with van der Waals surface area (Å²) < 4.78 is 13.3. The summed E-state index contributed by atoms with van der Waals surface area (Å²) in [5.74, 6) is -0.220. The molecule has 0 heterocycles. The highest BCUT2D eigenvalue weighted by Crippen LogP contribution is 2.28. The maximum absolute atomic E-state index is 13.3. The van der Waals surface area contributed by atoms with E-state index in [1.165, 1.54) is 28.8 Å². The molecule has 0 N–H and O–H groups in total. The van der Waals surface area contributed by atoms with Crippen LogP contribution in [-0.4, -0.2) is 0 Å². The van der Waals surface area contributed by atoms with E-state index >= 15 is 0 Å². The van der Waals surface area contributed by atoms with Crippen molar-refractivity contribution in [1.29, 1.82) is 0 Å². The number of rotatable bonds is 5. The van der Waals surface area contributed by atoms with E-state index in [1.807, 2.05) is 6.07 Å². The number of benzene rings is 2. The first-order chi connectivity index (χ1) is 10.6. The van der Waals surface area contributed by atoms with E-state index in [9.17, 15) is 4.39 Å². The van der Waals surface area contributed by atoms with Gasteiger partial charge in [-0.05, 0) is 70.9 Å². The van der Waals surface area contributed by atoms with Crippen molar-refractivity contribution in [2.24, 2.45) is 0 Å². The molecule has 0 spiro atoms. The van der Waals surface area contributed by atoms with E-state index in [-0.39, 0.29) is 5.82 Å². The van der Waals surface area contributed by atoms with Gasteiger partial charge in [-0.25, -0.2) is 4.39 Å². The number of fused-ring (bicyclic) bond motifs is 1. The standard InChI is InChI=1S/C21H19F/c1-15(18-6-4-8-21(22)14-18)9-10-16(2)19-12-11-17-5-3-7-20(17)13-19/h3-4,6-8,11-14H,1-2,5,9-10H2. The smallest absolute Gasteiger partial charge is 0.123 e. The topological polar surface area (TPSA) is 0 Å². The van der Waals surface area contributed by atoms with E-state index in [1.54, 1.807) is 6.07 Å². The second kappa shape index (κ2) is 6.15. The number of allylic oxidation sites excluding steroid dienone is 3. The average Bonchev–Trinajstić information content (AvgIpc) is 2.99. The highest BCUT2D eigenvalue weighted by Gasteiger charge is 2.08. The van der Waals surface area contributed by atoms with E-state index in [0.717, 1.165) is 36.0 Å². The Balaban J connectivity index is 1.65. The lowest BCUT2D eigenvalue weighted by Gasteiger charge is -2.10. The normalized spacial score (nSPS) is 12.2. The SMILES string of the molecule is C=C(CCC(=C)c1ccc2c(c1)C=CC2)c1cccc(F)c1. The molecule has 0 aliphatic heterocycles. The van der Waals surface area contributed by atoms with Crippen LogP contribution in [0.5, 0.6) is 0 Å². The summed E-state index contributed by atoms with van der Waals surface area (Å²) in [4.78, 5) is 0. The van der Waals surface area contributed by atoms with Crippen LogP contribution >= 0.6 is 0 Å². The molecule has 1 aliphatic carbocycles. The molecule has 1 heteroatoms. The van der Waals surface area contributed by atoms with Crippen LogP contribution in [0, 0.1) is 5.82 Å². The molecule has 110 valence electrons. The van der Waals surface area contributed by atoms with Crippen LogP contribution in [0.1, 0.15) is 35.1 Å². The van der Waals surface area contributed by atoms with Gasteiger partial charge in [0.25, 0.3) is 0 Å². The summed E-state index contributed by atoms with van der Waals surface area (Å²) in [6.07, 6.45) is 6.99. The third-order valence-electron chi connectivity index (χ3n) is 4.15. The Bertz CT molecular complexity index is 765. The predicted octanol–water partition coefficient (Wildman–Crippen LogP) is 5.90. The Hall–Kier alpha value is -2.41. The second-order valence-corrected chi connectivity index (χ2v) is 5.74. The molecule has 0 saturated heterocycles. The zero-order valence-electron chi connectivity index (χ0n) is 12.6. The molecule has 0 nitrogen and oxygen atoms in total. The lowest BCUT2D eigenvalue weighted by molar-refractivity contribution is 0.627. The molecule has 22 heavy (non-hydrogen) atoms. The first-order valence-corrected chi connectivity index (χ1v) is 7.55. The minimum atomic E-state index is -0.220. The fourth-order valence-corrected chi connectivity index (χ4v) is 2.77. The van der Waals surface area contributed by atoms with Crippen LogP contribution in [0.25, 0.3) is 17.2 Å². The van der Waals surface area contributed by atoms with E-state index < -0.39 is 0 Å². The zero-order valence-corrected chi connectivity index (χ0v) is 12.6. The quantitative estimate of drug-likeness (QED) is 0.643. The Kier molecular flexibility index (Phi) is 4.06. The summed E-state index contributed by atoms with van der Waals surface area (Å²) in [7, 11) is 0. The van der Waals surface area contributed by atoms with E-state index in [0.29, 0.717) is 0 Å². The van der Waals surface area contributed by atoms with Crippen LogP contribution in [-0.2, 0) is 6.42 Å². The van der Waals surface area contributed by atoms with Crippen molar-refractivity contribution in [3.8, 4) is 0 Å². The van der Waals surface area contributed by atoms with Crippen LogP contribution in [0.4, 0.5) is 4.39 Å². The van der Waals surface area contributed by atoms with Crippen molar-refractivity contribution in [1.82, 2.24) is 0 Å². The molecule has 0 aromatic heterocycles. The molecule has 0 amide bonds. The molecule has 0 fully saturated rings. The lowest BCUT2D eigenvalue weighted by Crippen LogP contribution is -1.90. The van der Waals surface area contributed by atoms with Crippen molar-refractivity contribution >= 4 is 17.2 Å². The maximum atomic E-state index is 13.3. The highest BCUT2D eigenvalue weighted by atomic mass is 19.1. The number of halogens is 1. The lowest BCUT2D eigenvalue weighted by atomic mass is 9.95. The van der Waals surface area contributed by atoms with Crippen molar-refractivity contribution in [2.75, 3.05) is 0 Å². The van der Waals surface area contributed by atoms with Crippen molar-refractivity contribution < 1.29 is 4.39 Å². The third kappa shape index (κ3) is 3.09. The van der Waals surface area contributed by atoms with E-state index in [4.69, 9.17) is 0 Å². The monoisotopic (exact) mass is 290 g/mol. The molecule has 0 radical (unpaired) electrons. The predicted molar refractivity (Wildman–Crippen MR) is 92.9 cm³/mol. The fourth-order valence-electron chi connectivity index (χ4n) is 2.77. The Morgan fingerprint density at radius 2 is 1.68 bits per heavy atom. The van der Waals surface area contributed by atoms with Gasteiger partial charge in [0.1, 0.15) is 5.82 Å². The average molecular weight is 290 g/mol. The Labute approximate surface area is 131 Å². The first kappa shape index (κ1) is 14.5. The fraction of sp³-hybridized carbons (Fsp3) is 0.143. The molecule has 0 atom stereocenters. The van der Waals surface area contributed by atoms with Gasteiger partial charge in [-0.15, -0.1) is 0 Å². The molecule has 0 bridgehead atoms. The molecule has 0 unspecified atom stereocenters. The van der Waals surface area contributed by atoms with Crippen molar-refractivity contribution in [3.63, 3.8) is 0 Å². The first-order valence-electron chi connectivity index (χ1n) is 7.55. The Morgan fingerprint density at radius 1 is 0.955 bits per heavy atom. The van der Waals surface area contributed by atoms with Crippen LogP contribution in [0.3, 0.4) is 0 Å². The number of hydrogen-bond donors (Lipinski definition) is 0. The van der Waals surface area contributed by atoms with Gasteiger partial charge >= 0.3 is 0 Å². The molecule has 2 aromatic carbocycles. The largest absolute Gasteiger partial charge is 0.207 e. The van der Waals surface area contributed by atoms with Gasteiger partial charge in [0.2, 0.25) is 0 Å². The summed E-state index contributed by atoms with van der Waals surface area (Å²) in [5, 5.41) is 0. The van der Waals surface area contributed by atoms with E-state index in [2.05, 4.69) is 43.5 Å². The van der Waals surface area contributed by atoms with Gasteiger partial charge in [-0.2, -0.15) is 0 Å². The zero-order chi connectivity index (χ0) is 15.5. The summed E-state index contributed by atoms with van der Waals surface area (Å²) in [6, 6.07) is 13.1. The summed E-state index contributed by atoms with van der Waals surface area (Å²) in [6.45, 7) is 8.26. The van der Waals surface area contributed by atoms with Gasteiger partial charge in [0.05, 0.1) is 0 Å². The molecule has 2 aromatic rings. The van der Waals surface area contributed by atoms with Crippen LogP contribution < -0.4 is 0 Å². The van der Waals surface area contributed by atoms with Crippen LogP contribution in [0.2, 0.25) is 0 Å². The highest BCUT2D eigenvalue weighted by molar-refractivity contribution is 5.72. The minimum Gasteiger partial charge on any atom is -0.207 e. The molecule has 3 rings (SSSR count). The minimum absolute atomic E-state index is 0.220. The van der Waals surface area contributed by atoms with Gasteiger partial charge in [-0.1, -0.05) is 49.6 Å². The third-order valence-corrected chi connectivity index (χ3v) is 4.15. The van der Waals surface area contributed by atoms with Crippen molar-refractivity contribution in [2.45, 2.75) is 19.3 Å². The van der Waals surface area contributed by atoms with Gasteiger partial charge < -0.3 is 0 Å².